The van der Waals surface area contributed by atoms with Gasteiger partial charge in [0.1, 0.15) is 5.82 Å². The maximum Gasteiger partial charge on any atom is 0.162 e. The topological polar surface area (TPSA) is 30.7 Å². The highest BCUT2D eigenvalue weighted by atomic mass is 15.1. The minimum atomic E-state index is 0.715. The molecule has 7 aromatic carbocycles. The van der Waals surface area contributed by atoms with Crippen molar-refractivity contribution in [2.24, 2.45) is 0 Å². The molecule has 200 valence electrons. The van der Waals surface area contributed by atoms with Crippen LogP contribution in [0.1, 0.15) is 0 Å². The third-order valence-electron chi connectivity index (χ3n) is 8.54. The highest BCUT2D eigenvalue weighted by Crippen LogP contribution is 2.38. The van der Waals surface area contributed by atoms with E-state index in [-0.39, 0.29) is 0 Å². The fraction of sp³-hybridized carbons (Fsp3) is 0. The molecule has 0 amide bonds. The van der Waals surface area contributed by atoms with Crippen LogP contribution >= 0.6 is 0 Å². The molecule has 9 aromatic rings. The molecule has 0 aliphatic carbocycles. The Morgan fingerprint density at radius 1 is 0.372 bits per heavy atom. The SMILES string of the molecule is c1ccc(-c2ccc3nc(-c4ccc5ccccc5c4)nc(-n4c5ccccc5c5cc6ccccc6cc54)c3c2)cc1. The van der Waals surface area contributed by atoms with Crippen molar-refractivity contribution in [2.45, 2.75) is 0 Å². The lowest BCUT2D eigenvalue weighted by Crippen LogP contribution is -2.03. The van der Waals surface area contributed by atoms with Crippen LogP contribution in [0, 0.1) is 0 Å². The standard InChI is InChI=1S/C40H25N3/c1-2-10-26(11-3-1)31-20-21-36-35(24-31)40(42-39(41-36)32-19-18-27-12-4-5-13-28(27)22-32)43-37-17-9-8-16-33(37)34-23-29-14-6-7-15-30(29)25-38(34)43/h1-25H. The summed E-state index contributed by atoms with van der Waals surface area (Å²) in [7, 11) is 0. The van der Waals surface area contributed by atoms with Gasteiger partial charge in [0.15, 0.2) is 5.82 Å². The monoisotopic (exact) mass is 547 g/mol. The lowest BCUT2D eigenvalue weighted by Gasteiger charge is -2.14. The minimum Gasteiger partial charge on any atom is -0.293 e. The van der Waals surface area contributed by atoms with Gasteiger partial charge in [0.25, 0.3) is 0 Å². The quantitative estimate of drug-likeness (QED) is 0.220. The average Bonchev–Trinajstić information content (AvgIpc) is 3.39. The second-order valence-electron chi connectivity index (χ2n) is 11.1. The van der Waals surface area contributed by atoms with Crippen LogP contribution in [-0.2, 0) is 0 Å². The minimum absolute atomic E-state index is 0.715. The number of fused-ring (bicyclic) bond motifs is 6. The summed E-state index contributed by atoms with van der Waals surface area (Å²) < 4.78 is 2.33. The largest absolute Gasteiger partial charge is 0.293 e. The Morgan fingerprint density at radius 3 is 1.88 bits per heavy atom. The number of nitrogens with zero attached hydrogens (tertiary/aromatic N) is 3. The fourth-order valence-electron chi connectivity index (χ4n) is 6.43. The molecule has 0 saturated carbocycles. The number of aromatic nitrogens is 3. The van der Waals surface area contributed by atoms with Crippen molar-refractivity contribution in [3.05, 3.63) is 152 Å². The normalized spacial score (nSPS) is 11.7. The summed E-state index contributed by atoms with van der Waals surface area (Å²) in [6, 6.07) is 53.8. The van der Waals surface area contributed by atoms with Gasteiger partial charge < -0.3 is 0 Å². The smallest absolute Gasteiger partial charge is 0.162 e. The Balaban J connectivity index is 1.40. The molecule has 3 heteroatoms. The van der Waals surface area contributed by atoms with Gasteiger partial charge in [-0.25, -0.2) is 9.97 Å². The summed E-state index contributed by atoms with van der Waals surface area (Å²) in [4.78, 5) is 10.5. The number of benzene rings is 7. The number of hydrogen-bond acceptors (Lipinski definition) is 2. The van der Waals surface area contributed by atoms with E-state index >= 15 is 0 Å². The number of rotatable bonds is 3. The Bertz CT molecular complexity index is 2510. The summed E-state index contributed by atoms with van der Waals surface area (Å²) in [5, 5.41) is 8.25. The van der Waals surface area contributed by atoms with E-state index in [4.69, 9.17) is 9.97 Å². The first kappa shape index (κ1) is 23.9. The van der Waals surface area contributed by atoms with Gasteiger partial charge in [-0.3, -0.25) is 4.57 Å². The number of hydrogen-bond donors (Lipinski definition) is 0. The van der Waals surface area contributed by atoms with Gasteiger partial charge in [-0.05, 0) is 69.1 Å². The van der Waals surface area contributed by atoms with Crippen molar-refractivity contribution in [3.63, 3.8) is 0 Å². The predicted molar refractivity (Wildman–Crippen MR) is 180 cm³/mol. The van der Waals surface area contributed by atoms with Crippen LogP contribution in [0.5, 0.6) is 0 Å². The third kappa shape index (κ3) is 3.83. The van der Waals surface area contributed by atoms with E-state index in [0.717, 1.165) is 38.9 Å². The molecule has 9 rings (SSSR count). The first-order valence-corrected chi connectivity index (χ1v) is 14.6. The Hall–Kier alpha value is -5.80. The maximum atomic E-state index is 5.39. The molecule has 0 N–H and O–H groups in total. The van der Waals surface area contributed by atoms with E-state index in [0.29, 0.717) is 5.82 Å². The van der Waals surface area contributed by atoms with Crippen LogP contribution in [-0.4, -0.2) is 14.5 Å². The molecular weight excluding hydrogens is 522 g/mol. The van der Waals surface area contributed by atoms with Crippen LogP contribution in [0.4, 0.5) is 0 Å². The van der Waals surface area contributed by atoms with Gasteiger partial charge in [-0.1, -0.05) is 115 Å². The van der Waals surface area contributed by atoms with Crippen molar-refractivity contribution in [1.82, 2.24) is 14.5 Å². The van der Waals surface area contributed by atoms with Crippen molar-refractivity contribution < 1.29 is 0 Å². The molecule has 3 nitrogen and oxygen atoms in total. The van der Waals surface area contributed by atoms with E-state index in [1.54, 1.807) is 0 Å². The van der Waals surface area contributed by atoms with E-state index < -0.39 is 0 Å². The molecule has 0 atom stereocenters. The molecule has 0 fully saturated rings. The summed E-state index contributed by atoms with van der Waals surface area (Å²) in [5.74, 6) is 1.60. The molecule has 0 aliphatic heterocycles. The van der Waals surface area contributed by atoms with Gasteiger partial charge in [0.05, 0.1) is 16.6 Å². The molecule has 0 unspecified atom stereocenters. The molecule has 43 heavy (non-hydrogen) atoms. The van der Waals surface area contributed by atoms with Gasteiger partial charge in [0.2, 0.25) is 0 Å². The second kappa shape index (κ2) is 9.37. The zero-order valence-electron chi connectivity index (χ0n) is 23.3. The van der Waals surface area contributed by atoms with E-state index in [9.17, 15) is 0 Å². The Morgan fingerprint density at radius 2 is 1.05 bits per heavy atom. The van der Waals surface area contributed by atoms with Crippen LogP contribution < -0.4 is 0 Å². The van der Waals surface area contributed by atoms with Gasteiger partial charge in [-0.2, -0.15) is 0 Å². The van der Waals surface area contributed by atoms with E-state index in [1.165, 1.54) is 37.9 Å². The molecule has 2 heterocycles. The van der Waals surface area contributed by atoms with Crippen LogP contribution in [0.3, 0.4) is 0 Å². The van der Waals surface area contributed by atoms with Gasteiger partial charge >= 0.3 is 0 Å². The maximum absolute atomic E-state index is 5.39. The van der Waals surface area contributed by atoms with Crippen LogP contribution in [0.25, 0.3) is 82.6 Å². The van der Waals surface area contributed by atoms with E-state index in [1.807, 2.05) is 0 Å². The zero-order valence-corrected chi connectivity index (χ0v) is 23.3. The molecule has 0 aliphatic rings. The highest BCUT2D eigenvalue weighted by Gasteiger charge is 2.19. The van der Waals surface area contributed by atoms with Crippen molar-refractivity contribution >= 4 is 54.3 Å². The van der Waals surface area contributed by atoms with Crippen LogP contribution in [0.15, 0.2) is 152 Å². The highest BCUT2D eigenvalue weighted by molar-refractivity contribution is 6.14. The van der Waals surface area contributed by atoms with Gasteiger partial charge in [-0.15, -0.1) is 0 Å². The summed E-state index contributed by atoms with van der Waals surface area (Å²) in [6.45, 7) is 0. The predicted octanol–water partition coefficient (Wildman–Crippen LogP) is 10.4. The van der Waals surface area contributed by atoms with Crippen molar-refractivity contribution in [1.29, 1.82) is 0 Å². The molecular formula is C40H25N3. The van der Waals surface area contributed by atoms with Gasteiger partial charge in [0, 0.05) is 21.7 Å². The summed E-state index contributed by atoms with van der Waals surface area (Å²) >= 11 is 0. The average molecular weight is 548 g/mol. The molecule has 2 aromatic heterocycles. The molecule has 0 spiro atoms. The zero-order chi connectivity index (χ0) is 28.3. The third-order valence-corrected chi connectivity index (χ3v) is 8.54. The first-order chi connectivity index (χ1) is 21.3. The Kier molecular flexibility index (Phi) is 5.20. The number of para-hydroxylation sites is 1. The lowest BCUT2D eigenvalue weighted by molar-refractivity contribution is 1.08. The first-order valence-electron chi connectivity index (χ1n) is 14.6. The van der Waals surface area contributed by atoms with Crippen LogP contribution in [0.2, 0.25) is 0 Å². The van der Waals surface area contributed by atoms with E-state index in [2.05, 4.69) is 156 Å². The second-order valence-corrected chi connectivity index (χ2v) is 11.1. The Labute approximate surface area is 248 Å². The van der Waals surface area contributed by atoms with Crippen molar-refractivity contribution in [3.8, 4) is 28.3 Å². The molecule has 0 saturated heterocycles. The fourth-order valence-corrected chi connectivity index (χ4v) is 6.43. The molecule has 0 radical (unpaired) electrons. The lowest BCUT2D eigenvalue weighted by atomic mass is 10.0. The van der Waals surface area contributed by atoms with Crippen molar-refractivity contribution in [2.75, 3.05) is 0 Å². The molecule has 0 bridgehead atoms. The summed E-state index contributed by atoms with van der Waals surface area (Å²) in [5.41, 5.74) is 6.49. The summed E-state index contributed by atoms with van der Waals surface area (Å²) in [6.07, 6.45) is 0.